The van der Waals surface area contributed by atoms with Crippen LogP contribution >= 0.6 is 0 Å². The van der Waals surface area contributed by atoms with E-state index in [1.54, 1.807) is 13.0 Å². The van der Waals surface area contributed by atoms with Gasteiger partial charge in [-0.05, 0) is 52.0 Å². The van der Waals surface area contributed by atoms with E-state index < -0.39 is 0 Å². The van der Waals surface area contributed by atoms with Gasteiger partial charge >= 0.3 is 0 Å². The quantitative estimate of drug-likeness (QED) is 0.903. The molecule has 0 aliphatic rings. The number of carbonyl (C=O) groups excluding carboxylic acids is 1. The molecule has 0 aliphatic carbocycles. The Morgan fingerprint density at radius 2 is 1.71 bits per heavy atom. The summed E-state index contributed by atoms with van der Waals surface area (Å²) in [6.07, 6.45) is 0. The summed E-state index contributed by atoms with van der Waals surface area (Å²) in [6.45, 7) is 7.58. The van der Waals surface area contributed by atoms with Gasteiger partial charge in [-0.3, -0.25) is 4.79 Å². The molecular formula is C18H25N5O. The summed E-state index contributed by atoms with van der Waals surface area (Å²) >= 11 is 0. The Bertz CT molecular complexity index is 717. The molecule has 1 heterocycles. The number of aryl methyl sites for hydroxylation is 1. The molecule has 128 valence electrons. The Balaban J connectivity index is 2.20. The second kappa shape index (κ2) is 6.86. The van der Waals surface area contributed by atoms with Gasteiger partial charge in [0.1, 0.15) is 17.3 Å². The third-order valence-electron chi connectivity index (χ3n) is 3.22. The Morgan fingerprint density at radius 1 is 1.08 bits per heavy atom. The summed E-state index contributed by atoms with van der Waals surface area (Å²) in [6, 6.07) is 9.64. The van der Waals surface area contributed by atoms with Crippen LogP contribution in [0.1, 0.15) is 37.1 Å². The van der Waals surface area contributed by atoms with Crippen LogP contribution in [0.2, 0.25) is 0 Å². The molecule has 0 bridgehead atoms. The van der Waals surface area contributed by atoms with Crippen LogP contribution in [0.25, 0.3) is 0 Å². The first-order valence-corrected chi connectivity index (χ1v) is 7.87. The molecule has 2 aromatic rings. The van der Waals surface area contributed by atoms with E-state index in [1.165, 1.54) is 0 Å². The molecule has 24 heavy (non-hydrogen) atoms. The Labute approximate surface area is 143 Å². The number of anilines is 3. The van der Waals surface area contributed by atoms with E-state index in [0.717, 1.165) is 11.4 Å². The minimum atomic E-state index is -0.314. The van der Waals surface area contributed by atoms with E-state index in [4.69, 9.17) is 0 Å². The van der Waals surface area contributed by atoms with Crippen LogP contribution in [0.4, 0.5) is 17.2 Å². The number of rotatable bonds is 4. The molecule has 1 amide bonds. The first-order chi connectivity index (χ1) is 11.1. The van der Waals surface area contributed by atoms with Gasteiger partial charge in [0.05, 0.1) is 0 Å². The topological polar surface area (TPSA) is 70.2 Å². The van der Waals surface area contributed by atoms with Gasteiger partial charge in [-0.1, -0.05) is 0 Å². The van der Waals surface area contributed by atoms with Crippen LogP contribution < -0.4 is 15.5 Å². The molecule has 0 aliphatic heterocycles. The Kier molecular flexibility index (Phi) is 5.07. The summed E-state index contributed by atoms with van der Waals surface area (Å²) in [4.78, 5) is 22.9. The van der Waals surface area contributed by atoms with Gasteiger partial charge in [-0.15, -0.1) is 0 Å². The van der Waals surface area contributed by atoms with Crippen molar-refractivity contribution in [3.8, 4) is 0 Å². The maximum absolute atomic E-state index is 12.3. The number of nitrogens with zero attached hydrogens (tertiary/aromatic N) is 3. The highest BCUT2D eigenvalue weighted by molar-refractivity contribution is 5.93. The van der Waals surface area contributed by atoms with Crippen molar-refractivity contribution < 1.29 is 4.79 Å². The van der Waals surface area contributed by atoms with Crippen molar-refractivity contribution in [2.75, 3.05) is 24.3 Å². The van der Waals surface area contributed by atoms with E-state index >= 15 is 0 Å². The van der Waals surface area contributed by atoms with Gasteiger partial charge in [0, 0.05) is 37.1 Å². The highest BCUT2D eigenvalue weighted by Crippen LogP contribution is 2.19. The van der Waals surface area contributed by atoms with Crippen molar-refractivity contribution in [3.63, 3.8) is 0 Å². The molecule has 2 rings (SSSR count). The SMILES string of the molecule is Cc1nc(Nc2ccc(N(C)C)cc2)cc(C(=O)NC(C)(C)C)n1. The Morgan fingerprint density at radius 3 is 2.25 bits per heavy atom. The van der Waals surface area contributed by atoms with Crippen molar-refractivity contribution in [2.24, 2.45) is 0 Å². The van der Waals surface area contributed by atoms with E-state index in [1.807, 2.05) is 64.0 Å². The zero-order chi connectivity index (χ0) is 17.9. The summed E-state index contributed by atoms with van der Waals surface area (Å²) in [5, 5.41) is 6.13. The molecule has 6 nitrogen and oxygen atoms in total. The minimum absolute atomic E-state index is 0.209. The number of hydrogen-bond donors (Lipinski definition) is 2. The lowest BCUT2D eigenvalue weighted by Crippen LogP contribution is -2.41. The molecule has 1 aromatic heterocycles. The summed E-state index contributed by atoms with van der Waals surface area (Å²) in [7, 11) is 3.99. The number of carbonyl (C=O) groups is 1. The molecule has 0 unspecified atom stereocenters. The highest BCUT2D eigenvalue weighted by atomic mass is 16.2. The smallest absolute Gasteiger partial charge is 0.270 e. The predicted octanol–water partition coefficient (Wildman–Crippen LogP) is 3.12. The van der Waals surface area contributed by atoms with Crippen molar-refractivity contribution in [1.29, 1.82) is 0 Å². The van der Waals surface area contributed by atoms with Gasteiger partial charge in [0.25, 0.3) is 5.91 Å². The number of nitrogens with one attached hydrogen (secondary N) is 2. The molecule has 0 spiro atoms. The average molecular weight is 327 g/mol. The van der Waals surface area contributed by atoms with E-state index in [0.29, 0.717) is 17.3 Å². The van der Waals surface area contributed by atoms with E-state index in [9.17, 15) is 4.79 Å². The maximum Gasteiger partial charge on any atom is 0.270 e. The molecule has 2 N–H and O–H groups in total. The zero-order valence-corrected chi connectivity index (χ0v) is 15.1. The number of hydrogen-bond acceptors (Lipinski definition) is 5. The predicted molar refractivity (Wildman–Crippen MR) is 98.0 cm³/mol. The fourth-order valence-electron chi connectivity index (χ4n) is 2.14. The highest BCUT2D eigenvalue weighted by Gasteiger charge is 2.17. The van der Waals surface area contributed by atoms with Gasteiger partial charge in [-0.2, -0.15) is 0 Å². The molecule has 6 heteroatoms. The number of aromatic nitrogens is 2. The lowest BCUT2D eigenvalue weighted by Gasteiger charge is -2.20. The average Bonchev–Trinajstić information content (AvgIpc) is 2.45. The van der Waals surface area contributed by atoms with Gasteiger partial charge in [0.2, 0.25) is 0 Å². The second-order valence-corrected chi connectivity index (χ2v) is 6.96. The molecule has 0 atom stereocenters. The fourth-order valence-corrected chi connectivity index (χ4v) is 2.14. The van der Waals surface area contributed by atoms with Crippen molar-refractivity contribution >= 4 is 23.1 Å². The summed E-state index contributed by atoms with van der Waals surface area (Å²) < 4.78 is 0. The van der Waals surface area contributed by atoms with Crippen molar-refractivity contribution in [3.05, 3.63) is 41.9 Å². The van der Waals surface area contributed by atoms with Crippen molar-refractivity contribution in [1.82, 2.24) is 15.3 Å². The first kappa shape index (κ1) is 17.7. The molecule has 0 fully saturated rings. The van der Waals surface area contributed by atoms with E-state index in [2.05, 4.69) is 20.6 Å². The molecule has 0 radical (unpaired) electrons. The van der Waals surface area contributed by atoms with Crippen LogP contribution in [0.3, 0.4) is 0 Å². The monoisotopic (exact) mass is 327 g/mol. The second-order valence-electron chi connectivity index (χ2n) is 6.96. The van der Waals surface area contributed by atoms with Gasteiger partial charge in [0.15, 0.2) is 0 Å². The zero-order valence-electron chi connectivity index (χ0n) is 15.1. The third kappa shape index (κ3) is 4.94. The van der Waals surface area contributed by atoms with Crippen LogP contribution in [-0.2, 0) is 0 Å². The van der Waals surface area contributed by atoms with Crippen LogP contribution in [0.5, 0.6) is 0 Å². The standard InChI is InChI=1S/C18H25N5O/c1-12-19-15(17(24)22-18(2,3)4)11-16(20-12)21-13-7-9-14(10-8-13)23(5)6/h7-11H,1-6H3,(H,22,24)(H,19,20,21). The summed E-state index contributed by atoms with van der Waals surface area (Å²) in [5.74, 6) is 0.933. The maximum atomic E-state index is 12.3. The molecule has 1 aromatic carbocycles. The third-order valence-corrected chi connectivity index (χ3v) is 3.22. The largest absolute Gasteiger partial charge is 0.378 e. The van der Waals surface area contributed by atoms with Crippen molar-refractivity contribution in [2.45, 2.75) is 33.2 Å². The van der Waals surface area contributed by atoms with Crippen LogP contribution in [0.15, 0.2) is 30.3 Å². The molecule has 0 saturated carbocycles. The normalized spacial score (nSPS) is 11.1. The lowest BCUT2D eigenvalue weighted by molar-refractivity contribution is 0.0914. The lowest BCUT2D eigenvalue weighted by atomic mass is 10.1. The van der Waals surface area contributed by atoms with E-state index in [-0.39, 0.29) is 11.4 Å². The fraction of sp³-hybridized carbons (Fsp3) is 0.389. The molecular weight excluding hydrogens is 302 g/mol. The number of benzene rings is 1. The summed E-state index contributed by atoms with van der Waals surface area (Å²) in [5.41, 5.74) is 2.06. The minimum Gasteiger partial charge on any atom is -0.378 e. The van der Waals surface area contributed by atoms with Gasteiger partial charge < -0.3 is 15.5 Å². The Hall–Kier alpha value is -2.63. The molecule has 0 saturated heterocycles. The van der Waals surface area contributed by atoms with Gasteiger partial charge in [-0.25, -0.2) is 9.97 Å². The van der Waals surface area contributed by atoms with Crippen LogP contribution in [-0.4, -0.2) is 35.5 Å². The van der Waals surface area contributed by atoms with Crippen LogP contribution in [0, 0.1) is 6.92 Å². The number of amides is 1. The first-order valence-electron chi connectivity index (χ1n) is 7.87.